The van der Waals surface area contributed by atoms with E-state index < -0.39 is 22.2 Å². The van der Waals surface area contributed by atoms with Crippen molar-refractivity contribution in [2.45, 2.75) is 9.79 Å². The predicted octanol–water partition coefficient (Wildman–Crippen LogP) is -1.40. The fourth-order valence-corrected chi connectivity index (χ4v) is 4.54. The molecule has 2 aromatic heterocycles. The van der Waals surface area contributed by atoms with Gasteiger partial charge in [-0.2, -0.15) is 0 Å². The SMILES string of the molecule is O=S([O-])c1ccc(-c2ccnc3c2ccc2c(-c4ccc(S(=O)[O-])cc4)ccnc23)cc1.[Na+].[Na+]. The number of rotatable bonds is 4. The summed E-state index contributed by atoms with van der Waals surface area (Å²) >= 11 is -4.54. The molecule has 34 heavy (non-hydrogen) atoms. The van der Waals surface area contributed by atoms with E-state index in [1.807, 2.05) is 24.3 Å². The first-order valence-electron chi connectivity index (χ1n) is 9.59. The van der Waals surface area contributed by atoms with Gasteiger partial charge in [-0.25, -0.2) is 0 Å². The molecule has 0 saturated heterocycles. The molecule has 5 rings (SSSR count). The Morgan fingerprint density at radius 3 is 1.21 bits per heavy atom. The van der Waals surface area contributed by atoms with Crippen molar-refractivity contribution in [1.29, 1.82) is 0 Å². The Hall–Kier alpha value is -1.30. The third-order valence-electron chi connectivity index (χ3n) is 5.34. The first kappa shape index (κ1) is 27.3. The fraction of sp³-hybridized carbons (Fsp3) is 0. The molecule has 0 N–H and O–H groups in total. The van der Waals surface area contributed by atoms with Gasteiger partial charge in [-0.15, -0.1) is 0 Å². The van der Waals surface area contributed by atoms with Crippen molar-refractivity contribution in [1.82, 2.24) is 9.97 Å². The quantitative estimate of drug-likeness (QED) is 0.169. The smallest absolute Gasteiger partial charge is 0.768 e. The summed E-state index contributed by atoms with van der Waals surface area (Å²) in [5.41, 5.74) is 5.07. The van der Waals surface area contributed by atoms with Crippen molar-refractivity contribution in [3.8, 4) is 22.3 Å². The Morgan fingerprint density at radius 1 is 0.529 bits per heavy atom. The van der Waals surface area contributed by atoms with E-state index in [9.17, 15) is 17.5 Å². The van der Waals surface area contributed by atoms with Crippen LogP contribution in [0.25, 0.3) is 44.1 Å². The van der Waals surface area contributed by atoms with Crippen LogP contribution in [0.5, 0.6) is 0 Å². The van der Waals surface area contributed by atoms with E-state index in [2.05, 4.69) is 9.97 Å². The zero-order chi connectivity index (χ0) is 22.2. The number of fused-ring (bicyclic) bond motifs is 3. The summed E-state index contributed by atoms with van der Waals surface area (Å²) in [5, 5.41) is 1.80. The number of hydrogen-bond acceptors (Lipinski definition) is 6. The Labute approximate surface area is 245 Å². The number of nitrogens with zero attached hydrogens (tertiary/aromatic N) is 2. The molecule has 0 aliphatic rings. The van der Waals surface area contributed by atoms with E-state index >= 15 is 0 Å². The predicted molar refractivity (Wildman–Crippen MR) is 122 cm³/mol. The number of aromatic nitrogens is 2. The molecule has 2 atom stereocenters. The normalized spacial score (nSPS) is 12.5. The summed E-state index contributed by atoms with van der Waals surface area (Å²) in [7, 11) is 0. The van der Waals surface area contributed by atoms with Gasteiger partial charge in [-0.1, -0.05) is 36.4 Å². The van der Waals surface area contributed by atoms with Gasteiger partial charge in [-0.3, -0.25) is 18.4 Å². The number of hydrogen-bond donors (Lipinski definition) is 0. The molecule has 0 bridgehead atoms. The van der Waals surface area contributed by atoms with Crippen molar-refractivity contribution in [2.24, 2.45) is 0 Å². The molecule has 2 heterocycles. The molecule has 2 unspecified atom stereocenters. The molecule has 5 aromatic rings. The van der Waals surface area contributed by atoms with Crippen LogP contribution in [0.3, 0.4) is 0 Å². The minimum atomic E-state index is -2.27. The zero-order valence-corrected chi connectivity index (χ0v) is 24.1. The van der Waals surface area contributed by atoms with Gasteiger partial charge < -0.3 is 9.11 Å². The second kappa shape index (κ2) is 11.6. The number of benzene rings is 3. The fourth-order valence-electron chi connectivity index (χ4n) is 3.82. The van der Waals surface area contributed by atoms with Crippen LogP contribution < -0.4 is 59.1 Å². The summed E-state index contributed by atoms with van der Waals surface area (Å²) in [6, 6.07) is 21.1. The average Bonchev–Trinajstić information content (AvgIpc) is 2.83. The van der Waals surface area contributed by atoms with Crippen molar-refractivity contribution in [3.05, 3.63) is 85.2 Å². The molecule has 0 amide bonds. The van der Waals surface area contributed by atoms with Crippen LogP contribution in [0.2, 0.25) is 0 Å². The van der Waals surface area contributed by atoms with Crippen LogP contribution in [-0.2, 0) is 22.2 Å². The summed E-state index contributed by atoms with van der Waals surface area (Å²) in [5.74, 6) is 0. The van der Waals surface area contributed by atoms with E-state index in [0.717, 1.165) is 44.1 Å². The standard InChI is InChI=1S/C24H16N2O4S2.2Na/c27-31(28)17-5-1-15(2-6-17)19-11-13-25-23-21(19)9-10-22-20(12-14-26-24(22)23)16-3-7-18(8-4-16)32(29)30;;/h1-14H,(H,27,28)(H,29,30);;/q;2*+1/p-2. The molecule has 0 spiro atoms. The van der Waals surface area contributed by atoms with Crippen LogP contribution in [0.4, 0.5) is 0 Å². The van der Waals surface area contributed by atoms with Gasteiger partial charge in [0, 0.05) is 33.0 Å². The van der Waals surface area contributed by atoms with E-state index in [-0.39, 0.29) is 68.9 Å². The molecule has 6 nitrogen and oxygen atoms in total. The van der Waals surface area contributed by atoms with Gasteiger partial charge in [0.2, 0.25) is 0 Å². The van der Waals surface area contributed by atoms with Gasteiger partial charge in [-0.05, 0) is 80.8 Å². The monoisotopic (exact) mass is 504 g/mol. The molecule has 0 aliphatic heterocycles. The van der Waals surface area contributed by atoms with Crippen molar-refractivity contribution in [2.75, 3.05) is 0 Å². The van der Waals surface area contributed by atoms with Crippen molar-refractivity contribution < 1.29 is 76.6 Å². The van der Waals surface area contributed by atoms with Crippen LogP contribution in [0, 0.1) is 0 Å². The summed E-state index contributed by atoms with van der Waals surface area (Å²) in [6.07, 6.45) is 3.42. The molecule has 158 valence electrons. The Morgan fingerprint density at radius 2 is 0.882 bits per heavy atom. The third kappa shape index (κ3) is 5.27. The largest absolute Gasteiger partial charge is 1.00 e. The van der Waals surface area contributed by atoms with Crippen LogP contribution >= 0.6 is 0 Å². The summed E-state index contributed by atoms with van der Waals surface area (Å²) in [4.78, 5) is 9.61. The van der Waals surface area contributed by atoms with E-state index in [0.29, 0.717) is 0 Å². The average molecular weight is 505 g/mol. The maximum absolute atomic E-state index is 11.2. The molecule has 0 saturated carbocycles. The van der Waals surface area contributed by atoms with E-state index in [1.165, 1.54) is 0 Å². The topological polar surface area (TPSA) is 106 Å². The molecule has 0 aliphatic carbocycles. The Kier molecular flexibility index (Phi) is 9.33. The minimum absolute atomic E-state index is 0. The van der Waals surface area contributed by atoms with E-state index in [4.69, 9.17) is 0 Å². The molecular weight excluding hydrogens is 490 g/mol. The maximum Gasteiger partial charge on any atom is 1.00 e. The van der Waals surface area contributed by atoms with Crippen molar-refractivity contribution in [3.63, 3.8) is 0 Å². The Balaban J connectivity index is 0.00000162. The zero-order valence-electron chi connectivity index (χ0n) is 18.4. The van der Waals surface area contributed by atoms with Gasteiger partial charge >= 0.3 is 59.1 Å². The van der Waals surface area contributed by atoms with Crippen LogP contribution in [0.1, 0.15) is 0 Å². The molecule has 3 aromatic carbocycles. The van der Waals surface area contributed by atoms with Crippen LogP contribution in [0.15, 0.2) is 95.0 Å². The Bertz CT molecular complexity index is 1410. The molecular formula is C24H14N2Na2O4S2. The minimum Gasteiger partial charge on any atom is -0.768 e. The summed E-state index contributed by atoms with van der Waals surface area (Å²) < 4.78 is 44.6. The first-order valence-corrected chi connectivity index (χ1v) is 11.7. The van der Waals surface area contributed by atoms with Gasteiger partial charge in [0.1, 0.15) is 0 Å². The third-order valence-corrected chi connectivity index (χ3v) is 6.65. The molecule has 0 fully saturated rings. The van der Waals surface area contributed by atoms with E-state index in [1.54, 1.807) is 60.9 Å². The summed E-state index contributed by atoms with van der Waals surface area (Å²) in [6.45, 7) is 0. The molecule has 0 radical (unpaired) electrons. The second-order valence-corrected chi connectivity index (χ2v) is 8.97. The van der Waals surface area contributed by atoms with Crippen molar-refractivity contribution >= 4 is 44.0 Å². The van der Waals surface area contributed by atoms with Gasteiger partial charge in [0.25, 0.3) is 0 Å². The van der Waals surface area contributed by atoms with Gasteiger partial charge in [0.15, 0.2) is 0 Å². The maximum atomic E-state index is 11.2. The number of pyridine rings is 2. The molecule has 10 heteroatoms. The second-order valence-electron chi connectivity index (χ2n) is 7.09. The van der Waals surface area contributed by atoms with Crippen LogP contribution in [-0.4, -0.2) is 27.5 Å². The van der Waals surface area contributed by atoms with Gasteiger partial charge in [0.05, 0.1) is 11.0 Å². The first-order chi connectivity index (χ1) is 15.5.